The fourth-order valence-electron chi connectivity index (χ4n) is 5.14. The number of carbonyl (C=O) groups excluding carboxylic acids is 2. The number of para-hydroxylation sites is 2. The molecule has 1 fully saturated rings. The third-order valence-electron chi connectivity index (χ3n) is 7.04. The molecule has 11 heteroatoms. The van der Waals surface area contributed by atoms with E-state index >= 15 is 0 Å². The Kier molecular flexibility index (Phi) is 7.46. The summed E-state index contributed by atoms with van der Waals surface area (Å²) in [5.41, 5.74) is 1.30. The summed E-state index contributed by atoms with van der Waals surface area (Å²) in [6.45, 7) is 3.23. The Morgan fingerprint density at radius 1 is 1.16 bits per heavy atom. The molecule has 0 unspecified atom stereocenters. The molecule has 5 rings (SSSR count). The Bertz CT molecular complexity index is 1320. The Hall–Kier alpha value is -2.63. The van der Waals surface area contributed by atoms with Gasteiger partial charge in [-0.3, -0.25) is 9.59 Å². The van der Waals surface area contributed by atoms with Crippen LogP contribution in [0, 0.1) is 5.92 Å². The number of sulfonamides is 1. The lowest BCUT2D eigenvalue weighted by Gasteiger charge is -2.33. The van der Waals surface area contributed by atoms with Gasteiger partial charge in [0.15, 0.2) is 11.5 Å². The fourth-order valence-corrected chi connectivity index (χ4v) is 7.58. The van der Waals surface area contributed by atoms with Crippen LogP contribution in [-0.4, -0.2) is 63.4 Å². The molecule has 2 atom stereocenters. The average molecular weight is 593 g/mol. The number of hydrogen-bond acceptors (Lipinski definition) is 6. The minimum Gasteiger partial charge on any atom is -0.486 e. The normalized spacial score (nSPS) is 21.4. The number of halogens is 1. The highest BCUT2D eigenvalue weighted by molar-refractivity contribution is 9.10. The van der Waals surface area contributed by atoms with Crippen LogP contribution in [0.3, 0.4) is 0 Å². The van der Waals surface area contributed by atoms with E-state index in [-0.39, 0.29) is 35.9 Å². The van der Waals surface area contributed by atoms with E-state index in [4.69, 9.17) is 9.47 Å². The van der Waals surface area contributed by atoms with Crippen molar-refractivity contribution in [3.63, 3.8) is 0 Å². The minimum atomic E-state index is -3.93. The average Bonchev–Trinajstić information content (AvgIpc) is 3.34. The summed E-state index contributed by atoms with van der Waals surface area (Å²) in [6.07, 6.45) is 1.74. The standard InChI is InChI=1S/C26H30BrN3O6S/c1-2-24(31)30-11-9-17-12-19(27)13-23(25(17)30)37(33,34)29-10-5-6-18(15-29)26(32)28-14-20-16-35-21-7-3-4-8-22(21)36-20/h3-4,7-8,12-13,18,20H,2,5-6,9-11,14-16H2,1H3,(H,28,32)/t18-,20+/m0/s1. The predicted molar refractivity (Wildman–Crippen MR) is 141 cm³/mol. The van der Waals surface area contributed by atoms with E-state index in [0.29, 0.717) is 67.0 Å². The van der Waals surface area contributed by atoms with Crippen LogP contribution >= 0.6 is 15.9 Å². The molecule has 1 saturated heterocycles. The number of rotatable bonds is 6. The molecular weight excluding hydrogens is 562 g/mol. The van der Waals surface area contributed by atoms with E-state index in [2.05, 4.69) is 21.2 Å². The first-order valence-corrected chi connectivity index (χ1v) is 14.8. The van der Waals surface area contributed by atoms with Gasteiger partial charge in [-0.25, -0.2) is 8.42 Å². The van der Waals surface area contributed by atoms with Gasteiger partial charge in [0, 0.05) is 30.5 Å². The molecule has 2 amide bonds. The van der Waals surface area contributed by atoms with Gasteiger partial charge in [-0.05, 0) is 49.1 Å². The lowest BCUT2D eigenvalue weighted by Crippen LogP contribution is -2.48. The molecule has 2 aromatic rings. The Morgan fingerprint density at radius 2 is 1.95 bits per heavy atom. The zero-order valence-corrected chi connectivity index (χ0v) is 23.0. The molecule has 3 aliphatic heterocycles. The third-order valence-corrected chi connectivity index (χ3v) is 9.38. The molecule has 0 radical (unpaired) electrons. The number of nitrogens with zero attached hydrogens (tertiary/aromatic N) is 2. The zero-order valence-electron chi connectivity index (χ0n) is 20.6. The zero-order chi connectivity index (χ0) is 26.2. The Morgan fingerprint density at radius 3 is 2.73 bits per heavy atom. The Balaban J connectivity index is 1.28. The number of nitrogens with one attached hydrogen (secondary N) is 1. The van der Waals surface area contributed by atoms with Crippen LogP contribution in [0.4, 0.5) is 5.69 Å². The number of benzene rings is 2. The van der Waals surface area contributed by atoms with E-state index in [1.54, 1.807) is 17.9 Å². The molecule has 0 bridgehead atoms. The van der Waals surface area contributed by atoms with Crippen LogP contribution in [0.25, 0.3) is 0 Å². The summed E-state index contributed by atoms with van der Waals surface area (Å²) in [4.78, 5) is 27.3. The lowest BCUT2D eigenvalue weighted by atomic mass is 9.99. The van der Waals surface area contributed by atoms with Crippen LogP contribution in [0.5, 0.6) is 11.5 Å². The molecule has 0 aromatic heterocycles. The van der Waals surface area contributed by atoms with E-state index < -0.39 is 15.9 Å². The molecule has 3 aliphatic rings. The maximum absolute atomic E-state index is 13.8. The second-order valence-electron chi connectivity index (χ2n) is 9.51. The van der Waals surface area contributed by atoms with Crippen LogP contribution in [0.15, 0.2) is 45.8 Å². The summed E-state index contributed by atoms with van der Waals surface area (Å²) in [6, 6.07) is 10.8. The predicted octanol–water partition coefficient (Wildman–Crippen LogP) is 3.11. The first-order valence-electron chi connectivity index (χ1n) is 12.6. The van der Waals surface area contributed by atoms with Gasteiger partial charge in [-0.1, -0.05) is 35.0 Å². The van der Waals surface area contributed by atoms with Crippen molar-refractivity contribution in [3.8, 4) is 11.5 Å². The van der Waals surface area contributed by atoms with E-state index in [1.807, 2.05) is 30.3 Å². The second kappa shape index (κ2) is 10.6. The highest BCUT2D eigenvalue weighted by Gasteiger charge is 2.38. The highest BCUT2D eigenvalue weighted by atomic mass is 79.9. The number of hydrogen-bond donors (Lipinski definition) is 1. The first kappa shape index (κ1) is 26.0. The summed E-state index contributed by atoms with van der Waals surface area (Å²) in [5, 5.41) is 2.92. The van der Waals surface area contributed by atoms with Gasteiger partial charge in [-0.2, -0.15) is 4.31 Å². The fraction of sp³-hybridized carbons (Fsp3) is 0.462. The number of piperidine rings is 1. The quantitative estimate of drug-likeness (QED) is 0.553. The number of amides is 2. The van der Waals surface area contributed by atoms with Gasteiger partial charge in [0.25, 0.3) is 0 Å². The van der Waals surface area contributed by atoms with Crippen molar-refractivity contribution in [1.82, 2.24) is 9.62 Å². The summed E-state index contributed by atoms with van der Waals surface area (Å²) >= 11 is 3.44. The molecule has 198 valence electrons. The van der Waals surface area contributed by atoms with Crippen LogP contribution in [-0.2, 0) is 26.0 Å². The molecule has 37 heavy (non-hydrogen) atoms. The van der Waals surface area contributed by atoms with Crippen molar-refractivity contribution in [3.05, 3.63) is 46.4 Å². The van der Waals surface area contributed by atoms with Crippen LogP contribution in [0.2, 0.25) is 0 Å². The van der Waals surface area contributed by atoms with Crippen molar-refractivity contribution < 1.29 is 27.5 Å². The lowest BCUT2D eigenvalue weighted by molar-refractivity contribution is -0.126. The Labute approximate surface area is 225 Å². The SMILES string of the molecule is CCC(=O)N1CCc2cc(Br)cc(S(=O)(=O)N3CCC[C@H](C(=O)NC[C@@H]4COc5ccccc5O4)C3)c21. The van der Waals surface area contributed by atoms with Gasteiger partial charge in [-0.15, -0.1) is 0 Å². The van der Waals surface area contributed by atoms with Gasteiger partial charge in [0.2, 0.25) is 21.8 Å². The molecule has 0 aliphatic carbocycles. The van der Waals surface area contributed by atoms with E-state index in [9.17, 15) is 18.0 Å². The van der Waals surface area contributed by atoms with Gasteiger partial charge < -0.3 is 19.7 Å². The van der Waals surface area contributed by atoms with Gasteiger partial charge in [0.1, 0.15) is 17.6 Å². The van der Waals surface area contributed by atoms with Crippen molar-refractivity contribution in [2.45, 2.75) is 43.6 Å². The number of fused-ring (bicyclic) bond motifs is 2. The maximum Gasteiger partial charge on any atom is 0.245 e. The number of carbonyl (C=O) groups is 2. The van der Waals surface area contributed by atoms with Crippen LogP contribution in [0.1, 0.15) is 31.7 Å². The second-order valence-corrected chi connectivity index (χ2v) is 12.3. The maximum atomic E-state index is 13.8. The van der Waals surface area contributed by atoms with E-state index in [1.165, 1.54) is 4.31 Å². The monoisotopic (exact) mass is 591 g/mol. The largest absolute Gasteiger partial charge is 0.486 e. The molecule has 0 saturated carbocycles. The third kappa shape index (κ3) is 5.21. The molecule has 9 nitrogen and oxygen atoms in total. The smallest absolute Gasteiger partial charge is 0.245 e. The summed E-state index contributed by atoms with van der Waals surface area (Å²) in [5.74, 6) is 0.528. The molecule has 3 heterocycles. The molecule has 1 N–H and O–H groups in total. The molecule has 0 spiro atoms. The number of ether oxygens (including phenoxy) is 2. The van der Waals surface area contributed by atoms with Crippen molar-refractivity contribution in [1.29, 1.82) is 0 Å². The van der Waals surface area contributed by atoms with Crippen LogP contribution < -0.4 is 19.7 Å². The topological polar surface area (TPSA) is 105 Å². The van der Waals surface area contributed by atoms with Crippen molar-refractivity contribution >= 4 is 43.5 Å². The summed E-state index contributed by atoms with van der Waals surface area (Å²) in [7, 11) is -3.93. The van der Waals surface area contributed by atoms with E-state index in [0.717, 1.165) is 5.56 Å². The van der Waals surface area contributed by atoms with Crippen molar-refractivity contribution in [2.75, 3.05) is 37.7 Å². The minimum absolute atomic E-state index is 0.0854. The molecular formula is C26H30BrN3O6S. The highest BCUT2D eigenvalue weighted by Crippen LogP contribution is 2.40. The summed E-state index contributed by atoms with van der Waals surface area (Å²) < 4.78 is 41.3. The van der Waals surface area contributed by atoms with Gasteiger partial charge in [0.05, 0.1) is 18.2 Å². The first-order chi connectivity index (χ1) is 17.8. The number of anilines is 1. The van der Waals surface area contributed by atoms with Gasteiger partial charge >= 0.3 is 0 Å². The van der Waals surface area contributed by atoms with Crippen molar-refractivity contribution in [2.24, 2.45) is 5.92 Å². The molecule has 2 aromatic carbocycles.